The Hall–Kier alpha value is -5.43. The van der Waals surface area contributed by atoms with Crippen molar-refractivity contribution in [2.24, 2.45) is 0 Å². The van der Waals surface area contributed by atoms with Crippen molar-refractivity contribution < 1.29 is 47.6 Å². The number of nitrogens with zero attached hydrogens (tertiary/aromatic N) is 6. The van der Waals surface area contributed by atoms with Gasteiger partial charge in [-0.15, -0.1) is 10.2 Å². The van der Waals surface area contributed by atoms with E-state index in [1.54, 1.807) is 12.1 Å². The number of aliphatic hydroxyl groups excluding tert-OH is 2. The van der Waals surface area contributed by atoms with Crippen LogP contribution in [0.3, 0.4) is 0 Å². The number of thioether (sulfide) groups is 1. The van der Waals surface area contributed by atoms with Crippen LogP contribution in [0.1, 0.15) is 71.7 Å². The predicted octanol–water partition coefficient (Wildman–Crippen LogP) is 5.83. The van der Waals surface area contributed by atoms with Crippen LogP contribution < -0.4 is 5.56 Å². The maximum Gasteiger partial charge on any atom is 0.416 e. The summed E-state index contributed by atoms with van der Waals surface area (Å²) in [7, 11) is 0. The molecule has 1 fully saturated rings. The number of aliphatic carboxylic acids is 2. The number of aryl methyl sites for hydroxylation is 1. The highest BCUT2D eigenvalue weighted by molar-refractivity contribution is 7.98. The Morgan fingerprint density at radius 1 is 0.738 bits per heavy atom. The third kappa shape index (κ3) is 11.9. The summed E-state index contributed by atoms with van der Waals surface area (Å²) in [6, 6.07) is 19.4. The van der Waals surface area contributed by atoms with Gasteiger partial charge >= 0.3 is 18.1 Å². The summed E-state index contributed by atoms with van der Waals surface area (Å²) in [4.78, 5) is 39.7. The van der Waals surface area contributed by atoms with Crippen molar-refractivity contribution in [1.29, 1.82) is 0 Å². The van der Waals surface area contributed by atoms with Gasteiger partial charge in [0.2, 0.25) is 0 Å². The van der Waals surface area contributed by atoms with E-state index in [2.05, 4.69) is 19.0 Å². The molecule has 0 bridgehead atoms. The Morgan fingerprint density at radius 3 is 1.93 bits per heavy atom. The molecule has 1 aliphatic heterocycles. The van der Waals surface area contributed by atoms with E-state index in [1.807, 2.05) is 24.3 Å². The minimum Gasteiger partial charge on any atom is -0.479 e. The first-order valence-electron chi connectivity index (χ1n) is 19.9. The average molecular weight is 867 g/mol. The smallest absolute Gasteiger partial charge is 0.416 e. The van der Waals surface area contributed by atoms with E-state index in [-0.39, 0.29) is 11.4 Å². The molecule has 61 heavy (non-hydrogen) atoms. The van der Waals surface area contributed by atoms with Crippen molar-refractivity contribution in [3.63, 3.8) is 0 Å². The van der Waals surface area contributed by atoms with Crippen LogP contribution in [0.4, 0.5) is 17.6 Å². The van der Waals surface area contributed by atoms with Crippen LogP contribution in [0.15, 0.2) is 82.7 Å². The maximum absolute atomic E-state index is 13.6. The van der Waals surface area contributed by atoms with Gasteiger partial charge in [0.05, 0.1) is 18.7 Å². The second-order valence-electron chi connectivity index (χ2n) is 14.9. The lowest BCUT2D eigenvalue weighted by Crippen LogP contribution is -2.39. The molecule has 2 atom stereocenters. The zero-order valence-electron chi connectivity index (χ0n) is 33.1. The molecule has 0 spiro atoms. The minimum absolute atomic E-state index is 0.187. The van der Waals surface area contributed by atoms with Gasteiger partial charge in [0.15, 0.2) is 23.2 Å². The lowest BCUT2D eigenvalue weighted by Gasteiger charge is -2.26. The van der Waals surface area contributed by atoms with Crippen molar-refractivity contribution >= 4 is 23.7 Å². The topological polar surface area (TPSA) is 184 Å². The monoisotopic (exact) mass is 866 g/mol. The van der Waals surface area contributed by atoms with Gasteiger partial charge in [0, 0.05) is 23.4 Å². The van der Waals surface area contributed by atoms with E-state index in [1.165, 1.54) is 55.3 Å². The highest BCUT2D eigenvalue weighted by atomic mass is 32.2. The van der Waals surface area contributed by atoms with Gasteiger partial charge in [-0.05, 0) is 105 Å². The van der Waals surface area contributed by atoms with Gasteiger partial charge in [0.25, 0.3) is 5.56 Å². The number of halogens is 4. The Labute approximate surface area is 352 Å². The Kier molecular flexibility index (Phi) is 15.1. The first-order chi connectivity index (χ1) is 29.2. The van der Waals surface area contributed by atoms with Gasteiger partial charge in [-0.3, -0.25) is 4.79 Å². The molecule has 2 aliphatic rings. The molecule has 13 nitrogen and oxygen atoms in total. The number of fused-ring (bicyclic) bond motifs is 1. The van der Waals surface area contributed by atoms with Crippen LogP contribution in [0.2, 0.25) is 0 Å². The van der Waals surface area contributed by atoms with Crippen LogP contribution in [0.5, 0.6) is 0 Å². The van der Waals surface area contributed by atoms with Crippen LogP contribution in [-0.4, -0.2) is 93.4 Å². The summed E-state index contributed by atoms with van der Waals surface area (Å²) in [5.74, 6) is -1.65. The van der Waals surface area contributed by atoms with Crippen molar-refractivity contribution in [2.45, 2.75) is 93.7 Å². The number of carbonyl (C=O) groups is 2. The molecule has 3 aromatic carbocycles. The quantitative estimate of drug-likeness (QED) is 0.0562. The number of rotatable bonds is 15. The van der Waals surface area contributed by atoms with E-state index in [9.17, 15) is 31.9 Å². The fourth-order valence-corrected chi connectivity index (χ4v) is 8.30. The summed E-state index contributed by atoms with van der Waals surface area (Å²) >= 11 is 1.46. The number of aromatic nitrogens is 5. The maximum atomic E-state index is 13.6. The lowest BCUT2D eigenvalue weighted by atomic mass is 10.0. The average Bonchev–Trinajstić information content (AvgIpc) is 3.90. The first-order valence-corrected chi connectivity index (χ1v) is 20.9. The van der Waals surface area contributed by atoms with E-state index in [0.717, 1.165) is 97.0 Å². The second-order valence-corrected chi connectivity index (χ2v) is 15.9. The number of carboxylic acids is 2. The molecule has 0 radical (unpaired) electrons. The highest BCUT2D eigenvalue weighted by Gasteiger charge is 2.31. The number of benzene rings is 3. The summed E-state index contributed by atoms with van der Waals surface area (Å²) < 4.78 is 57.2. The fourth-order valence-electron chi connectivity index (χ4n) is 7.34. The molecule has 18 heteroatoms. The Balaban J connectivity index is 0.000000554. The molecule has 1 saturated heterocycles. The number of likely N-dealkylation sites (tertiary alicyclic amines) is 1. The third-order valence-corrected chi connectivity index (χ3v) is 11.7. The molecule has 1 aliphatic carbocycles. The number of alkyl halides is 3. The van der Waals surface area contributed by atoms with E-state index in [0.29, 0.717) is 36.0 Å². The zero-order valence-corrected chi connectivity index (χ0v) is 33.9. The molecular formula is C43H46F4N6O7S. The van der Waals surface area contributed by atoms with Crippen LogP contribution >= 0.6 is 11.8 Å². The lowest BCUT2D eigenvalue weighted by molar-refractivity contribution is -0.165. The van der Waals surface area contributed by atoms with Gasteiger partial charge in [-0.1, -0.05) is 66.7 Å². The van der Waals surface area contributed by atoms with Crippen LogP contribution in [0.25, 0.3) is 11.1 Å². The summed E-state index contributed by atoms with van der Waals surface area (Å²) in [5.41, 5.74) is 4.37. The van der Waals surface area contributed by atoms with E-state index >= 15 is 0 Å². The normalized spacial score (nSPS) is 15.1. The molecule has 324 valence electrons. The van der Waals surface area contributed by atoms with Crippen molar-refractivity contribution in [2.75, 3.05) is 19.6 Å². The molecule has 7 rings (SSSR count). The summed E-state index contributed by atoms with van der Waals surface area (Å²) in [5, 5.41) is 42.5. The third-order valence-electron chi connectivity index (χ3n) is 10.7. The van der Waals surface area contributed by atoms with Crippen LogP contribution in [-0.2, 0) is 53.9 Å². The number of carboxylic acid groups (broad SMARTS) is 2. The Morgan fingerprint density at radius 2 is 1.33 bits per heavy atom. The van der Waals surface area contributed by atoms with Gasteiger partial charge in [0.1, 0.15) is 11.6 Å². The van der Waals surface area contributed by atoms with Crippen molar-refractivity contribution in [1.82, 2.24) is 29.2 Å². The summed E-state index contributed by atoms with van der Waals surface area (Å²) in [6.07, 6.45) is -1.06. The summed E-state index contributed by atoms with van der Waals surface area (Å²) in [6.45, 7) is 4.18. The zero-order chi connectivity index (χ0) is 43.7. The second kappa shape index (κ2) is 20.4. The van der Waals surface area contributed by atoms with Crippen LogP contribution in [0, 0.1) is 5.82 Å². The van der Waals surface area contributed by atoms with Gasteiger partial charge in [-0.25, -0.2) is 14.0 Å². The number of hydrogen-bond acceptors (Lipinski definition) is 10. The highest BCUT2D eigenvalue weighted by Crippen LogP contribution is 2.32. The van der Waals surface area contributed by atoms with E-state index in [4.69, 9.17) is 30.6 Å². The SMILES string of the molecule is O=C(O)C(O)C(O)C(=O)O.O=c1nc(SCc2ccc(F)cc2)n(Cc2nnc(CCCN3CCCCC3)n2Cc2ccc(-c3ccc(C(F)(F)F)cc3)cc2)c2c1CCC2. The first kappa shape index (κ1) is 45.1. The molecule has 0 amide bonds. The predicted molar refractivity (Wildman–Crippen MR) is 217 cm³/mol. The minimum atomic E-state index is -4.38. The van der Waals surface area contributed by atoms with Crippen molar-refractivity contribution in [3.8, 4) is 11.1 Å². The fraction of sp³-hybridized carbons (Fsp3) is 0.395. The van der Waals surface area contributed by atoms with Crippen molar-refractivity contribution in [3.05, 3.63) is 129 Å². The van der Waals surface area contributed by atoms with Gasteiger partial charge < -0.3 is 34.5 Å². The number of aliphatic hydroxyl groups is 2. The standard InChI is InChI=1S/C39H40F4N6OS.C4H6O6/c40-32-19-11-28(12-20-32)26-51-38-44-37(50)33-6-4-7-34(33)48(38)25-36-46-45-35(8-5-23-47-21-2-1-3-22-47)49(36)24-27-9-13-29(14-10-27)30-15-17-31(18-16-30)39(41,42)43;5-1(3(7)8)2(6)4(9)10/h9-20H,1-8,21-26H2;1-2,5-6H,(H,7,8)(H,9,10). The number of hydrogen-bond donors (Lipinski definition) is 4. The molecule has 0 saturated carbocycles. The molecule has 5 aromatic rings. The van der Waals surface area contributed by atoms with Gasteiger partial charge in [-0.2, -0.15) is 18.2 Å². The molecule has 2 unspecified atom stereocenters. The Bertz CT molecular complexity index is 2310. The molecule has 4 N–H and O–H groups in total. The molecule has 2 aromatic heterocycles. The number of piperidine rings is 1. The molecule has 3 heterocycles. The molecular weight excluding hydrogens is 821 g/mol. The van der Waals surface area contributed by atoms with E-state index < -0.39 is 35.9 Å². The largest absolute Gasteiger partial charge is 0.479 e.